The molecule has 0 N–H and O–H groups in total. The zero-order chi connectivity index (χ0) is 21.3. The Balaban J connectivity index is 0.000000298. The van der Waals surface area contributed by atoms with E-state index in [1.54, 1.807) is 6.08 Å². The van der Waals surface area contributed by atoms with E-state index >= 15 is 0 Å². The molecule has 0 aliphatic carbocycles. The van der Waals surface area contributed by atoms with Gasteiger partial charge in [0.05, 0.1) is 20.8 Å². The van der Waals surface area contributed by atoms with Crippen LogP contribution >= 0.6 is 0 Å². The van der Waals surface area contributed by atoms with Gasteiger partial charge in [0.1, 0.15) is 0 Å². The van der Waals surface area contributed by atoms with Crippen molar-refractivity contribution in [1.29, 1.82) is 0 Å². The summed E-state index contributed by atoms with van der Waals surface area (Å²) in [4.78, 5) is 30.0. The molecule has 1 saturated heterocycles. The first-order chi connectivity index (χ1) is 14.2. The largest absolute Gasteiger partial charge is 0.466 e. The Morgan fingerprint density at radius 3 is 2.07 bits per heavy atom. The first-order valence-electron chi connectivity index (χ1n) is 10.1. The number of ether oxygens (including phenoxy) is 1. The lowest BCUT2D eigenvalue weighted by Gasteiger charge is -2.12. The molecule has 1 aromatic rings. The number of carbonyl (C=O) groups is 1. The summed E-state index contributed by atoms with van der Waals surface area (Å²) in [6.45, 7) is 4.64. The molecule has 2 rings (SSSR count). The van der Waals surface area contributed by atoms with E-state index in [1.807, 2.05) is 37.3 Å². The van der Waals surface area contributed by atoms with Crippen LogP contribution in [0.3, 0.4) is 0 Å². The zero-order valence-corrected chi connectivity index (χ0v) is 18.0. The second-order valence-corrected chi connectivity index (χ2v) is 6.28. The molecular weight excluding hydrogens is 376 g/mol. The number of nitrogens with zero attached hydrogens (tertiary/aromatic N) is 2. The molecule has 0 saturated carbocycles. The van der Waals surface area contributed by atoms with E-state index in [4.69, 9.17) is 24.4 Å². The second kappa shape index (κ2) is 15.8. The van der Waals surface area contributed by atoms with Crippen LogP contribution in [0, 0.1) is 0 Å². The minimum absolute atomic E-state index is 0.0754. The van der Waals surface area contributed by atoms with Gasteiger partial charge in [-0.05, 0) is 18.1 Å². The van der Waals surface area contributed by atoms with Crippen LogP contribution in [-0.2, 0) is 29.2 Å². The van der Waals surface area contributed by atoms with Crippen LogP contribution in [0.4, 0.5) is 0 Å². The van der Waals surface area contributed by atoms with Crippen molar-refractivity contribution in [2.24, 2.45) is 0 Å². The Kier molecular flexibility index (Phi) is 13.5. The van der Waals surface area contributed by atoms with Crippen molar-refractivity contribution in [2.45, 2.75) is 58.8 Å². The summed E-state index contributed by atoms with van der Waals surface area (Å²) >= 11 is 0. The summed E-state index contributed by atoms with van der Waals surface area (Å²) in [5.41, 5.74) is 0.968. The number of carbonyl (C=O) groups excluding carboxylic acids is 1. The van der Waals surface area contributed by atoms with Crippen LogP contribution in [0.2, 0.25) is 0 Å². The SMILES string of the molecule is CCCCCCCCOC(=O)CC.CON1OON(OC)C1=Cc1ccccc1. The highest BCUT2D eigenvalue weighted by molar-refractivity contribution is 5.68. The highest BCUT2D eigenvalue weighted by atomic mass is 17.4. The summed E-state index contributed by atoms with van der Waals surface area (Å²) in [7, 11) is 2.92. The van der Waals surface area contributed by atoms with E-state index in [-0.39, 0.29) is 5.97 Å². The smallest absolute Gasteiger partial charge is 0.305 e. The summed E-state index contributed by atoms with van der Waals surface area (Å²) in [6.07, 6.45) is 9.71. The lowest BCUT2D eigenvalue weighted by atomic mass is 10.1. The number of rotatable bonds is 11. The van der Waals surface area contributed by atoms with E-state index in [2.05, 4.69) is 6.92 Å². The van der Waals surface area contributed by atoms with Gasteiger partial charge in [-0.2, -0.15) is 0 Å². The van der Waals surface area contributed by atoms with Crippen molar-refractivity contribution in [1.82, 2.24) is 10.5 Å². The zero-order valence-electron chi connectivity index (χ0n) is 18.0. The van der Waals surface area contributed by atoms with Gasteiger partial charge in [0.15, 0.2) is 0 Å². The number of hydroxylamine groups is 4. The topological polar surface area (TPSA) is 69.7 Å². The molecule has 0 bridgehead atoms. The van der Waals surface area contributed by atoms with Gasteiger partial charge in [-0.1, -0.05) is 96.7 Å². The third-order valence-electron chi connectivity index (χ3n) is 4.02. The molecule has 0 amide bonds. The van der Waals surface area contributed by atoms with Crippen molar-refractivity contribution < 1.29 is 29.2 Å². The molecule has 164 valence electrons. The quantitative estimate of drug-likeness (QED) is 0.293. The molecule has 0 spiro atoms. The normalized spacial score (nSPS) is 13.2. The molecule has 29 heavy (non-hydrogen) atoms. The van der Waals surface area contributed by atoms with Gasteiger partial charge in [-0.15, -0.1) is 0 Å². The standard InChI is InChI=1S/C11H22O2.C10H12N2O4/c1-3-5-6-7-8-9-10-13-11(12)4-2;1-13-11-10(12(14-2)16-15-11)8-9-6-4-3-5-7-9/h3-10H2,1-2H3;3-8H,1-2H3. The van der Waals surface area contributed by atoms with Crippen molar-refractivity contribution in [3.8, 4) is 0 Å². The van der Waals surface area contributed by atoms with Gasteiger partial charge in [0, 0.05) is 6.42 Å². The molecule has 1 aliphatic rings. The van der Waals surface area contributed by atoms with Crippen LogP contribution in [0.15, 0.2) is 36.2 Å². The van der Waals surface area contributed by atoms with Crippen LogP contribution in [0.25, 0.3) is 6.08 Å². The maximum absolute atomic E-state index is 10.7. The predicted octanol–water partition coefficient (Wildman–Crippen LogP) is 4.80. The molecule has 8 nitrogen and oxygen atoms in total. The van der Waals surface area contributed by atoms with E-state index < -0.39 is 0 Å². The molecule has 0 aromatic heterocycles. The van der Waals surface area contributed by atoms with Gasteiger partial charge in [-0.25, -0.2) is 9.68 Å². The lowest BCUT2D eigenvalue weighted by Crippen LogP contribution is -2.20. The number of esters is 1. The molecule has 0 atom stereocenters. The Labute approximate surface area is 173 Å². The van der Waals surface area contributed by atoms with Gasteiger partial charge < -0.3 is 4.74 Å². The van der Waals surface area contributed by atoms with E-state index in [0.29, 0.717) is 18.8 Å². The molecule has 0 unspecified atom stereocenters. The predicted molar refractivity (Wildman–Crippen MR) is 109 cm³/mol. The highest BCUT2D eigenvalue weighted by Crippen LogP contribution is 2.23. The fourth-order valence-electron chi connectivity index (χ4n) is 2.43. The molecule has 1 aliphatic heterocycles. The molecule has 0 radical (unpaired) electrons. The van der Waals surface area contributed by atoms with Crippen molar-refractivity contribution >= 4 is 12.0 Å². The van der Waals surface area contributed by atoms with E-state index in [1.165, 1.54) is 46.3 Å². The van der Waals surface area contributed by atoms with Crippen LogP contribution < -0.4 is 0 Å². The number of unbranched alkanes of at least 4 members (excludes halogenated alkanes) is 5. The maximum Gasteiger partial charge on any atom is 0.305 e. The highest BCUT2D eigenvalue weighted by Gasteiger charge is 2.29. The number of hydrogen-bond donors (Lipinski definition) is 0. The van der Waals surface area contributed by atoms with Crippen LogP contribution in [-0.4, -0.2) is 37.2 Å². The average Bonchev–Trinajstić information content (AvgIpc) is 3.15. The summed E-state index contributed by atoms with van der Waals surface area (Å²) in [6, 6.07) is 9.67. The first-order valence-corrected chi connectivity index (χ1v) is 10.1. The maximum atomic E-state index is 10.7. The minimum atomic E-state index is -0.0754. The Morgan fingerprint density at radius 2 is 1.52 bits per heavy atom. The summed E-state index contributed by atoms with van der Waals surface area (Å²) in [5, 5.41) is 2.19. The van der Waals surface area contributed by atoms with Crippen molar-refractivity contribution in [3.05, 3.63) is 41.7 Å². The summed E-state index contributed by atoms with van der Waals surface area (Å²) < 4.78 is 4.96. The minimum Gasteiger partial charge on any atom is -0.466 e. The average molecular weight is 411 g/mol. The van der Waals surface area contributed by atoms with Crippen LogP contribution in [0.1, 0.15) is 64.4 Å². The number of benzene rings is 1. The van der Waals surface area contributed by atoms with Crippen molar-refractivity contribution in [3.63, 3.8) is 0 Å². The first kappa shape index (κ1) is 24.9. The third-order valence-corrected chi connectivity index (χ3v) is 4.02. The molecule has 1 aromatic carbocycles. The van der Waals surface area contributed by atoms with Gasteiger partial charge in [-0.3, -0.25) is 4.79 Å². The second-order valence-electron chi connectivity index (χ2n) is 6.28. The van der Waals surface area contributed by atoms with E-state index in [0.717, 1.165) is 22.4 Å². The molecular formula is C21H34N2O6. The monoisotopic (exact) mass is 410 g/mol. The Hall–Kier alpha value is -2.13. The van der Waals surface area contributed by atoms with Crippen molar-refractivity contribution in [2.75, 3.05) is 20.8 Å². The van der Waals surface area contributed by atoms with Gasteiger partial charge >= 0.3 is 5.97 Å². The van der Waals surface area contributed by atoms with Gasteiger partial charge in [0.2, 0.25) is 5.82 Å². The Morgan fingerprint density at radius 1 is 0.931 bits per heavy atom. The lowest BCUT2D eigenvalue weighted by molar-refractivity contribution is -0.534. The van der Waals surface area contributed by atoms with Crippen LogP contribution in [0.5, 0.6) is 0 Å². The fourth-order valence-corrected chi connectivity index (χ4v) is 2.43. The third kappa shape index (κ3) is 10.3. The summed E-state index contributed by atoms with van der Waals surface area (Å²) in [5.74, 6) is 0.407. The van der Waals surface area contributed by atoms with Gasteiger partial charge in [0.25, 0.3) is 0 Å². The van der Waals surface area contributed by atoms with E-state index in [9.17, 15) is 4.79 Å². The molecule has 1 heterocycles. The molecule has 1 fully saturated rings. The molecule has 8 heteroatoms. The fraction of sp³-hybridized carbons (Fsp3) is 0.571. The number of hydrogen-bond acceptors (Lipinski definition) is 8. The Bertz CT molecular complexity index is 568.